The van der Waals surface area contributed by atoms with Crippen LogP contribution >= 0.6 is 0 Å². The fraction of sp³-hybridized carbons (Fsp3) is 0.243. The van der Waals surface area contributed by atoms with Crippen LogP contribution in [0.4, 0.5) is 0 Å². The monoisotopic (exact) mass is 633 g/mol. The maximum atomic E-state index is 13.6. The molecule has 3 atom stereocenters. The van der Waals surface area contributed by atoms with Gasteiger partial charge in [-0.1, -0.05) is 105 Å². The number of aromatic amines is 1. The van der Waals surface area contributed by atoms with Gasteiger partial charge in [-0.25, -0.2) is 4.79 Å². The van der Waals surface area contributed by atoms with Crippen molar-refractivity contribution in [1.29, 1.82) is 0 Å². The standard InChI is InChI=1S/C37H39N5O5/c1-24(2)33(40-34(44)29-15-9-10-20-38-29)36(46)39-30(21-25-11-5-3-6-12-25)32(43)23-42-31(35(45)41-37(42)47)22-26-16-18-28(19-17-26)27-13-7-4-8-14-27/h3-20,24,30,32-33,43,45H,21-23H2,1-2H3,(H,39,46)(H,40,44)(H,41,47)/t30-,32-,33-/m0/s1. The number of benzene rings is 3. The number of hydrogen-bond acceptors (Lipinski definition) is 6. The van der Waals surface area contributed by atoms with E-state index in [4.69, 9.17) is 0 Å². The molecule has 0 aliphatic carbocycles. The number of aromatic hydroxyl groups is 1. The first-order valence-electron chi connectivity index (χ1n) is 15.6. The van der Waals surface area contributed by atoms with E-state index in [1.807, 2.05) is 98.8 Å². The number of amides is 2. The molecule has 0 saturated carbocycles. The van der Waals surface area contributed by atoms with E-state index >= 15 is 0 Å². The molecule has 10 nitrogen and oxygen atoms in total. The summed E-state index contributed by atoms with van der Waals surface area (Å²) in [7, 11) is 0. The molecule has 2 aromatic heterocycles. The van der Waals surface area contributed by atoms with Crippen molar-refractivity contribution in [3.05, 3.63) is 142 Å². The first-order valence-corrected chi connectivity index (χ1v) is 15.6. The average molecular weight is 634 g/mol. The smallest absolute Gasteiger partial charge is 0.328 e. The molecule has 2 amide bonds. The summed E-state index contributed by atoms with van der Waals surface area (Å²) in [5.74, 6) is -1.53. The number of nitrogens with zero attached hydrogens (tertiary/aromatic N) is 2. The summed E-state index contributed by atoms with van der Waals surface area (Å²) >= 11 is 0. The van der Waals surface area contributed by atoms with Crippen LogP contribution in [-0.4, -0.2) is 54.8 Å². The predicted molar refractivity (Wildman–Crippen MR) is 180 cm³/mol. The molecular weight excluding hydrogens is 594 g/mol. The number of aliphatic hydroxyl groups is 1. The number of pyridine rings is 1. The molecule has 0 unspecified atom stereocenters. The van der Waals surface area contributed by atoms with E-state index < -0.39 is 35.7 Å². The van der Waals surface area contributed by atoms with Crippen molar-refractivity contribution in [1.82, 2.24) is 25.2 Å². The Bertz CT molecular complexity index is 1820. The molecule has 0 aliphatic heterocycles. The van der Waals surface area contributed by atoms with Gasteiger partial charge in [-0.2, -0.15) is 0 Å². The second kappa shape index (κ2) is 15.2. The van der Waals surface area contributed by atoms with E-state index in [2.05, 4.69) is 20.6 Å². The zero-order chi connectivity index (χ0) is 33.3. The van der Waals surface area contributed by atoms with Crippen molar-refractivity contribution in [2.24, 2.45) is 5.92 Å². The minimum absolute atomic E-state index is 0.181. The van der Waals surface area contributed by atoms with Crippen LogP contribution in [0.2, 0.25) is 0 Å². The highest BCUT2D eigenvalue weighted by Gasteiger charge is 2.30. The predicted octanol–water partition coefficient (Wildman–Crippen LogP) is 4.08. The molecule has 5 rings (SSSR count). The van der Waals surface area contributed by atoms with Crippen LogP contribution < -0.4 is 16.3 Å². The molecule has 0 bridgehead atoms. The number of nitrogens with one attached hydrogen (secondary N) is 3. The lowest BCUT2D eigenvalue weighted by Crippen LogP contribution is -2.55. The minimum Gasteiger partial charge on any atom is -0.493 e. The molecule has 242 valence electrons. The zero-order valence-corrected chi connectivity index (χ0v) is 26.3. The van der Waals surface area contributed by atoms with Crippen molar-refractivity contribution >= 4 is 11.8 Å². The third kappa shape index (κ3) is 8.42. The molecule has 47 heavy (non-hydrogen) atoms. The molecule has 0 spiro atoms. The van der Waals surface area contributed by atoms with Gasteiger partial charge in [0.1, 0.15) is 11.7 Å². The number of carbonyl (C=O) groups is 2. The molecule has 0 radical (unpaired) electrons. The van der Waals surface area contributed by atoms with Gasteiger partial charge in [0.15, 0.2) is 0 Å². The number of imidazole rings is 1. The molecule has 2 heterocycles. The molecular formula is C37H39N5O5. The summed E-state index contributed by atoms with van der Waals surface area (Å²) in [5, 5.41) is 27.9. The van der Waals surface area contributed by atoms with Gasteiger partial charge in [0, 0.05) is 12.6 Å². The first-order chi connectivity index (χ1) is 22.7. The fourth-order valence-electron chi connectivity index (χ4n) is 5.49. The van der Waals surface area contributed by atoms with Crippen LogP contribution in [0, 0.1) is 5.92 Å². The SMILES string of the molecule is CC(C)[C@H](NC(=O)c1ccccn1)C(=O)N[C@@H](Cc1ccccc1)[C@@H](O)Cn1c(Cc2ccc(-c3ccccc3)cc2)c(O)[nH]c1=O. The van der Waals surface area contributed by atoms with Gasteiger partial charge in [-0.3, -0.25) is 24.1 Å². The summed E-state index contributed by atoms with van der Waals surface area (Å²) in [6.07, 6.45) is 0.761. The van der Waals surface area contributed by atoms with Crippen LogP contribution in [0.1, 0.15) is 41.2 Å². The van der Waals surface area contributed by atoms with Crippen LogP contribution in [0.5, 0.6) is 5.88 Å². The lowest BCUT2D eigenvalue weighted by atomic mass is 9.98. The van der Waals surface area contributed by atoms with E-state index in [0.717, 1.165) is 22.3 Å². The normalized spacial score (nSPS) is 13.1. The zero-order valence-electron chi connectivity index (χ0n) is 26.3. The van der Waals surface area contributed by atoms with Gasteiger partial charge in [-0.05, 0) is 46.7 Å². The van der Waals surface area contributed by atoms with Crippen molar-refractivity contribution in [2.45, 2.75) is 51.4 Å². The lowest BCUT2D eigenvalue weighted by Gasteiger charge is -2.29. The highest BCUT2D eigenvalue weighted by Crippen LogP contribution is 2.23. The van der Waals surface area contributed by atoms with E-state index in [1.54, 1.807) is 18.2 Å². The second-order valence-corrected chi connectivity index (χ2v) is 11.9. The summed E-state index contributed by atoms with van der Waals surface area (Å²) in [6, 6.07) is 30.3. The lowest BCUT2D eigenvalue weighted by molar-refractivity contribution is -0.125. The summed E-state index contributed by atoms with van der Waals surface area (Å²) in [5.41, 5.74) is 3.75. The van der Waals surface area contributed by atoms with Gasteiger partial charge in [-0.15, -0.1) is 0 Å². The number of aromatic nitrogens is 3. The molecule has 10 heteroatoms. The third-order valence-electron chi connectivity index (χ3n) is 8.10. The fourth-order valence-corrected chi connectivity index (χ4v) is 5.49. The second-order valence-electron chi connectivity index (χ2n) is 11.9. The molecule has 0 saturated heterocycles. The molecule has 5 N–H and O–H groups in total. The Morgan fingerprint density at radius 2 is 1.47 bits per heavy atom. The van der Waals surface area contributed by atoms with E-state index in [-0.39, 0.29) is 36.9 Å². The Kier molecular flexibility index (Phi) is 10.6. The third-order valence-corrected chi connectivity index (χ3v) is 8.10. The van der Waals surface area contributed by atoms with Crippen molar-refractivity contribution in [2.75, 3.05) is 0 Å². The quantitative estimate of drug-likeness (QED) is 0.132. The van der Waals surface area contributed by atoms with E-state index in [9.17, 15) is 24.6 Å². The van der Waals surface area contributed by atoms with Gasteiger partial charge in [0.05, 0.1) is 24.4 Å². The van der Waals surface area contributed by atoms with Crippen molar-refractivity contribution in [3.8, 4) is 17.0 Å². The molecule has 0 fully saturated rings. The van der Waals surface area contributed by atoms with E-state index in [1.165, 1.54) is 10.8 Å². The van der Waals surface area contributed by atoms with Gasteiger partial charge in [0.2, 0.25) is 11.8 Å². The molecule has 5 aromatic rings. The van der Waals surface area contributed by atoms with Gasteiger partial charge >= 0.3 is 5.69 Å². The van der Waals surface area contributed by atoms with Crippen LogP contribution in [0.25, 0.3) is 11.1 Å². The Labute approximate surface area is 273 Å². The summed E-state index contributed by atoms with van der Waals surface area (Å²) in [4.78, 5) is 46.0. The molecule has 0 aliphatic rings. The Hall–Kier alpha value is -5.48. The number of hydrogen-bond donors (Lipinski definition) is 5. The van der Waals surface area contributed by atoms with Crippen molar-refractivity contribution < 1.29 is 19.8 Å². The minimum atomic E-state index is -1.23. The van der Waals surface area contributed by atoms with E-state index in [0.29, 0.717) is 5.69 Å². The number of aliphatic hydroxyl groups excluding tert-OH is 1. The largest absolute Gasteiger partial charge is 0.493 e. The Balaban J connectivity index is 1.35. The maximum absolute atomic E-state index is 13.6. The maximum Gasteiger partial charge on any atom is 0.328 e. The van der Waals surface area contributed by atoms with Crippen LogP contribution in [0.3, 0.4) is 0 Å². The number of carbonyl (C=O) groups excluding carboxylic acids is 2. The highest BCUT2D eigenvalue weighted by molar-refractivity contribution is 5.96. The topological polar surface area (TPSA) is 149 Å². The van der Waals surface area contributed by atoms with Crippen LogP contribution in [-0.2, 0) is 24.2 Å². The van der Waals surface area contributed by atoms with Gasteiger partial charge in [0.25, 0.3) is 5.91 Å². The number of H-pyrrole nitrogens is 1. The average Bonchev–Trinajstić information content (AvgIpc) is 3.35. The molecule has 3 aromatic carbocycles. The first kappa shape index (κ1) is 32.9. The summed E-state index contributed by atoms with van der Waals surface area (Å²) < 4.78 is 1.30. The Morgan fingerprint density at radius 3 is 2.11 bits per heavy atom. The summed E-state index contributed by atoms with van der Waals surface area (Å²) in [6.45, 7) is 3.43. The Morgan fingerprint density at radius 1 is 0.830 bits per heavy atom. The van der Waals surface area contributed by atoms with Crippen LogP contribution in [0.15, 0.2) is 114 Å². The van der Waals surface area contributed by atoms with Crippen molar-refractivity contribution in [3.63, 3.8) is 0 Å². The number of rotatable bonds is 13. The van der Waals surface area contributed by atoms with Gasteiger partial charge < -0.3 is 20.8 Å². The highest BCUT2D eigenvalue weighted by atomic mass is 16.3.